The van der Waals surface area contributed by atoms with Crippen LogP contribution in [0.3, 0.4) is 0 Å². The first-order chi connectivity index (χ1) is 12.5. The van der Waals surface area contributed by atoms with Gasteiger partial charge in [-0.2, -0.15) is 0 Å². The van der Waals surface area contributed by atoms with Gasteiger partial charge in [0.25, 0.3) is 5.91 Å². The molecule has 0 radical (unpaired) electrons. The molecule has 26 heavy (non-hydrogen) atoms. The van der Waals surface area contributed by atoms with E-state index >= 15 is 0 Å². The highest BCUT2D eigenvalue weighted by atomic mass is 16.5. The van der Waals surface area contributed by atoms with E-state index in [1.807, 2.05) is 32.0 Å². The molecule has 1 fully saturated rings. The van der Waals surface area contributed by atoms with Gasteiger partial charge in [-0.25, -0.2) is 0 Å². The van der Waals surface area contributed by atoms with Crippen molar-refractivity contribution in [3.63, 3.8) is 0 Å². The fourth-order valence-corrected chi connectivity index (χ4v) is 3.69. The molecule has 1 saturated heterocycles. The number of nitrogens with zero attached hydrogens (tertiary/aromatic N) is 2. The molecule has 1 atom stereocenters. The van der Waals surface area contributed by atoms with Crippen LogP contribution in [0.1, 0.15) is 49.9 Å². The number of likely N-dealkylation sites (N-methyl/N-ethyl adjacent to an activating group) is 1. The molecule has 2 aliphatic heterocycles. The lowest BCUT2D eigenvalue weighted by molar-refractivity contribution is -0.120. The van der Waals surface area contributed by atoms with E-state index in [4.69, 9.17) is 4.74 Å². The van der Waals surface area contributed by atoms with E-state index in [0.717, 1.165) is 43.6 Å². The number of carbonyl (C=O) groups is 2. The maximum Gasteiger partial charge on any atom is 0.251 e. The van der Waals surface area contributed by atoms with Crippen molar-refractivity contribution in [2.24, 2.45) is 0 Å². The largest absolute Gasteiger partial charge is 0.379 e. The highest BCUT2D eigenvalue weighted by Crippen LogP contribution is 2.39. The highest BCUT2D eigenvalue weighted by molar-refractivity contribution is 6.07. The Hall–Kier alpha value is -2.08. The van der Waals surface area contributed by atoms with Crippen molar-refractivity contribution in [2.45, 2.75) is 51.7 Å². The van der Waals surface area contributed by atoms with Crippen LogP contribution >= 0.6 is 0 Å². The smallest absolute Gasteiger partial charge is 0.251 e. The highest BCUT2D eigenvalue weighted by Gasteiger charge is 2.37. The van der Waals surface area contributed by atoms with Gasteiger partial charge in [0, 0.05) is 32.3 Å². The third kappa shape index (κ3) is 3.85. The number of benzene rings is 1. The Kier molecular flexibility index (Phi) is 5.81. The first-order valence-corrected chi connectivity index (χ1v) is 9.57. The molecule has 0 spiro atoms. The number of ether oxygens (including phenoxy) is 1. The van der Waals surface area contributed by atoms with Crippen LogP contribution in [-0.2, 0) is 9.53 Å². The van der Waals surface area contributed by atoms with Crippen molar-refractivity contribution < 1.29 is 14.3 Å². The molecule has 1 aromatic carbocycles. The quantitative estimate of drug-likeness (QED) is 0.793. The summed E-state index contributed by atoms with van der Waals surface area (Å²) in [5.74, 6) is 0.0135. The SMILES string of the molecule is CC(C)OCCCNC(=O)c1ccc2c(c1)N(C)C(=O)C1CCCCN21. The average Bonchev–Trinajstić information content (AvgIpc) is 2.65. The second-order valence-electron chi connectivity index (χ2n) is 7.33. The Labute approximate surface area is 155 Å². The maximum atomic E-state index is 12.7. The topological polar surface area (TPSA) is 61.9 Å². The molecule has 1 N–H and O–H groups in total. The summed E-state index contributed by atoms with van der Waals surface area (Å²) >= 11 is 0. The molecule has 0 aromatic heterocycles. The van der Waals surface area contributed by atoms with Crippen LogP contribution in [0.15, 0.2) is 18.2 Å². The number of carbonyl (C=O) groups excluding carboxylic acids is 2. The summed E-state index contributed by atoms with van der Waals surface area (Å²) in [5, 5.41) is 2.93. The summed E-state index contributed by atoms with van der Waals surface area (Å²) in [6, 6.07) is 5.61. The fraction of sp³-hybridized carbons (Fsp3) is 0.600. The molecule has 0 saturated carbocycles. The number of hydrogen-bond donors (Lipinski definition) is 1. The molecule has 3 rings (SSSR count). The van der Waals surface area contributed by atoms with Crippen LogP contribution in [0, 0.1) is 0 Å². The number of hydrogen-bond acceptors (Lipinski definition) is 4. The van der Waals surface area contributed by atoms with Gasteiger partial charge in [0.1, 0.15) is 6.04 Å². The molecular formula is C20H29N3O3. The summed E-state index contributed by atoms with van der Waals surface area (Å²) < 4.78 is 5.48. The molecule has 142 valence electrons. The molecule has 6 heteroatoms. The van der Waals surface area contributed by atoms with Crippen molar-refractivity contribution in [3.8, 4) is 0 Å². The second-order valence-corrected chi connectivity index (χ2v) is 7.33. The van der Waals surface area contributed by atoms with Gasteiger partial charge in [0.2, 0.25) is 5.91 Å². The Balaban J connectivity index is 1.68. The van der Waals surface area contributed by atoms with Gasteiger partial charge in [-0.05, 0) is 57.7 Å². The fourth-order valence-electron chi connectivity index (χ4n) is 3.69. The van der Waals surface area contributed by atoms with Crippen LogP contribution < -0.4 is 15.1 Å². The molecule has 0 aliphatic carbocycles. The lowest BCUT2D eigenvalue weighted by Gasteiger charge is -2.44. The lowest BCUT2D eigenvalue weighted by Crippen LogP contribution is -2.54. The Morgan fingerprint density at radius 1 is 1.31 bits per heavy atom. The van der Waals surface area contributed by atoms with Gasteiger partial charge in [0.15, 0.2) is 0 Å². The standard InChI is InChI=1S/C20H29N3O3/c1-14(2)26-12-6-10-21-19(24)15-8-9-16-18(13-15)22(3)20(25)17-7-4-5-11-23(16)17/h8-9,13-14,17H,4-7,10-12H2,1-3H3,(H,21,24). The van der Waals surface area contributed by atoms with Crippen molar-refractivity contribution in [1.82, 2.24) is 5.32 Å². The minimum absolute atomic E-state index is 0.0538. The Morgan fingerprint density at radius 3 is 2.88 bits per heavy atom. The number of fused-ring (bicyclic) bond motifs is 3. The second kappa shape index (κ2) is 8.08. The van der Waals surface area contributed by atoms with E-state index in [1.165, 1.54) is 0 Å². The normalized spacial score (nSPS) is 19.4. The summed E-state index contributed by atoms with van der Waals surface area (Å²) in [6.07, 6.45) is 4.09. The Morgan fingerprint density at radius 2 is 2.12 bits per heavy atom. The van der Waals surface area contributed by atoms with E-state index in [1.54, 1.807) is 11.9 Å². The average molecular weight is 359 g/mol. The molecule has 1 aromatic rings. The minimum Gasteiger partial charge on any atom is -0.379 e. The molecule has 2 aliphatic rings. The first kappa shape index (κ1) is 18.7. The predicted molar refractivity (Wildman–Crippen MR) is 103 cm³/mol. The number of nitrogens with one attached hydrogen (secondary N) is 1. The molecule has 1 unspecified atom stereocenters. The number of amides is 2. The molecule has 2 heterocycles. The van der Waals surface area contributed by atoms with Gasteiger partial charge in [0.05, 0.1) is 17.5 Å². The van der Waals surface area contributed by atoms with Crippen molar-refractivity contribution in [3.05, 3.63) is 23.8 Å². The third-order valence-corrected chi connectivity index (χ3v) is 5.08. The van der Waals surface area contributed by atoms with E-state index < -0.39 is 0 Å². The van der Waals surface area contributed by atoms with Gasteiger partial charge < -0.3 is 19.9 Å². The molecular weight excluding hydrogens is 330 g/mol. The summed E-state index contributed by atoms with van der Waals surface area (Å²) in [4.78, 5) is 29.0. The van der Waals surface area contributed by atoms with Gasteiger partial charge in [-0.1, -0.05) is 0 Å². The van der Waals surface area contributed by atoms with Crippen molar-refractivity contribution in [2.75, 3.05) is 36.5 Å². The monoisotopic (exact) mass is 359 g/mol. The van der Waals surface area contributed by atoms with E-state index in [0.29, 0.717) is 18.7 Å². The van der Waals surface area contributed by atoms with Gasteiger partial charge in [-0.3, -0.25) is 9.59 Å². The lowest BCUT2D eigenvalue weighted by atomic mass is 9.96. The van der Waals surface area contributed by atoms with Crippen LogP contribution in [-0.4, -0.2) is 50.7 Å². The van der Waals surface area contributed by atoms with E-state index in [2.05, 4.69) is 10.2 Å². The zero-order chi connectivity index (χ0) is 18.7. The number of piperidine rings is 1. The van der Waals surface area contributed by atoms with E-state index in [-0.39, 0.29) is 24.0 Å². The van der Waals surface area contributed by atoms with Crippen molar-refractivity contribution in [1.29, 1.82) is 0 Å². The third-order valence-electron chi connectivity index (χ3n) is 5.08. The van der Waals surface area contributed by atoms with Crippen molar-refractivity contribution >= 4 is 23.2 Å². The molecule has 2 amide bonds. The number of rotatable bonds is 6. The summed E-state index contributed by atoms with van der Waals surface area (Å²) in [7, 11) is 1.80. The Bertz CT molecular complexity index is 674. The van der Waals surface area contributed by atoms with E-state index in [9.17, 15) is 9.59 Å². The zero-order valence-corrected chi connectivity index (χ0v) is 16.0. The van der Waals surface area contributed by atoms with Crippen LogP contribution in [0.2, 0.25) is 0 Å². The zero-order valence-electron chi connectivity index (χ0n) is 16.0. The summed E-state index contributed by atoms with van der Waals surface area (Å²) in [5.41, 5.74) is 2.46. The predicted octanol–water partition coefficient (Wildman–Crippen LogP) is 2.57. The summed E-state index contributed by atoms with van der Waals surface area (Å²) in [6.45, 7) is 6.10. The molecule has 0 bridgehead atoms. The van der Waals surface area contributed by atoms with Crippen LogP contribution in [0.4, 0.5) is 11.4 Å². The first-order valence-electron chi connectivity index (χ1n) is 9.57. The van der Waals surface area contributed by atoms with Crippen LogP contribution in [0.25, 0.3) is 0 Å². The van der Waals surface area contributed by atoms with Gasteiger partial charge >= 0.3 is 0 Å². The van der Waals surface area contributed by atoms with Gasteiger partial charge in [-0.15, -0.1) is 0 Å². The molecule has 6 nitrogen and oxygen atoms in total. The van der Waals surface area contributed by atoms with Crippen LogP contribution in [0.5, 0.6) is 0 Å². The maximum absolute atomic E-state index is 12.7. The minimum atomic E-state index is -0.112. The number of anilines is 2.